The minimum atomic E-state index is -0.409. The molecule has 2 fully saturated rings. The topological polar surface area (TPSA) is 29.5 Å². The number of aliphatic hydroxyl groups is 1. The van der Waals surface area contributed by atoms with Gasteiger partial charge in [-0.15, -0.1) is 0 Å². The lowest BCUT2D eigenvalue weighted by molar-refractivity contribution is -0.906. The first-order chi connectivity index (χ1) is 11.7. The number of rotatable bonds is 7. The van der Waals surface area contributed by atoms with Crippen LogP contribution in [0, 0.1) is 23.2 Å². The van der Waals surface area contributed by atoms with Crippen LogP contribution in [0.4, 0.5) is 0 Å². The highest BCUT2D eigenvalue weighted by atomic mass is 16.5. The summed E-state index contributed by atoms with van der Waals surface area (Å²) in [6.07, 6.45) is 2.56. The van der Waals surface area contributed by atoms with Crippen molar-refractivity contribution in [3.8, 4) is 0 Å². The number of benzene rings is 1. The molecule has 3 heteroatoms. The van der Waals surface area contributed by atoms with Gasteiger partial charge in [0.05, 0.1) is 26.8 Å². The van der Waals surface area contributed by atoms with Gasteiger partial charge in [0, 0.05) is 5.56 Å². The summed E-state index contributed by atoms with van der Waals surface area (Å²) in [6.45, 7) is 9.27. The number of nitrogens with zero attached hydrogens (tertiary/aromatic N) is 1. The Labute approximate surface area is 153 Å². The third-order valence-electron chi connectivity index (χ3n) is 6.89. The van der Waals surface area contributed by atoms with Crippen molar-refractivity contribution < 1.29 is 14.3 Å². The fraction of sp³-hybridized carbons (Fsp3) is 0.727. The highest BCUT2D eigenvalue weighted by Gasteiger charge is 2.57. The second-order valence-electron chi connectivity index (χ2n) is 9.68. The quantitative estimate of drug-likeness (QED) is 0.763. The van der Waals surface area contributed by atoms with E-state index in [0.717, 1.165) is 16.9 Å². The van der Waals surface area contributed by atoms with Gasteiger partial charge in [-0.25, -0.2) is 0 Å². The van der Waals surface area contributed by atoms with Gasteiger partial charge in [-0.2, -0.15) is 0 Å². The summed E-state index contributed by atoms with van der Waals surface area (Å²) in [6, 6.07) is 10.5. The first-order valence-corrected chi connectivity index (χ1v) is 9.86. The van der Waals surface area contributed by atoms with E-state index >= 15 is 0 Å². The van der Waals surface area contributed by atoms with Crippen LogP contribution in [0.1, 0.15) is 39.2 Å². The first-order valence-electron chi connectivity index (χ1n) is 9.86. The maximum absolute atomic E-state index is 10.6. The van der Waals surface area contributed by atoms with Crippen LogP contribution >= 0.6 is 0 Å². The molecular weight excluding hydrogens is 310 g/mol. The van der Waals surface area contributed by atoms with Gasteiger partial charge >= 0.3 is 0 Å². The summed E-state index contributed by atoms with van der Waals surface area (Å²) in [5.41, 5.74) is 1.71. The summed E-state index contributed by atoms with van der Waals surface area (Å²) < 4.78 is 7.05. The van der Waals surface area contributed by atoms with Gasteiger partial charge in [0.15, 0.2) is 0 Å². The van der Waals surface area contributed by atoms with Crippen molar-refractivity contribution in [1.82, 2.24) is 0 Å². The predicted molar refractivity (Wildman–Crippen MR) is 102 cm³/mol. The van der Waals surface area contributed by atoms with Crippen molar-refractivity contribution >= 4 is 0 Å². The molecule has 2 aliphatic carbocycles. The Hall–Kier alpha value is -0.900. The highest BCUT2D eigenvalue weighted by molar-refractivity contribution is 5.13. The van der Waals surface area contributed by atoms with Gasteiger partial charge < -0.3 is 14.3 Å². The van der Waals surface area contributed by atoms with Crippen LogP contribution in [-0.4, -0.2) is 49.0 Å². The van der Waals surface area contributed by atoms with E-state index in [2.05, 4.69) is 59.1 Å². The second kappa shape index (κ2) is 7.02. The van der Waals surface area contributed by atoms with Crippen molar-refractivity contribution in [3.63, 3.8) is 0 Å². The Morgan fingerprint density at radius 2 is 1.80 bits per heavy atom. The zero-order chi connectivity index (χ0) is 18.2. The Morgan fingerprint density at radius 1 is 1.16 bits per heavy atom. The molecule has 0 amide bonds. The smallest absolute Gasteiger partial charge is 0.126 e. The van der Waals surface area contributed by atoms with E-state index in [1.165, 1.54) is 18.4 Å². The summed E-state index contributed by atoms with van der Waals surface area (Å²) in [5.74, 6) is 2.06. The van der Waals surface area contributed by atoms with E-state index in [1.54, 1.807) is 0 Å². The van der Waals surface area contributed by atoms with E-state index in [-0.39, 0.29) is 0 Å². The standard InChI is InChI=1S/C22H36NO2/c1-16-19-11-12-20(22(19,2)3)21(16)25-15-18(24)14-23(4,5)13-17-9-7-6-8-10-17/h6-10,16,18-21,24H,11-15H2,1-5H3/q+1/t16-,18+,19+,20+,21-/m0/s1. The summed E-state index contributed by atoms with van der Waals surface area (Å²) in [4.78, 5) is 0. The van der Waals surface area contributed by atoms with Crippen LogP contribution in [0.3, 0.4) is 0 Å². The van der Waals surface area contributed by atoms with Gasteiger partial charge in [-0.05, 0) is 36.0 Å². The molecule has 1 N–H and O–H groups in total. The number of ether oxygens (including phenoxy) is 1. The van der Waals surface area contributed by atoms with E-state index in [4.69, 9.17) is 4.74 Å². The average Bonchev–Trinajstić information content (AvgIpc) is 2.91. The number of likely N-dealkylation sites (N-methyl/N-ethyl adjacent to an activating group) is 1. The summed E-state index contributed by atoms with van der Waals surface area (Å²) >= 11 is 0. The Bertz CT molecular complexity index is 569. The predicted octanol–water partition coefficient (Wildman–Crippen LogP) is 3.71. The number of aliphatic hydroxyl groups excluding tert-OH is 1. The molecular formula is C22H36NO2+. The SMILES string of the molecule is C[C@@H]1[C@H](OC[C@H](O)C[N+](C)(C)Cc2ccccc2)[C@H]2CC[C@H]1C2(C)C. The Balaban J connectivity index is 1.50. The summed E-state index contributed by atoms with van der Waals surface area (Å²) in [7, 11) is 4.36. The molecule has 0 aromatic heterocycles. The van der Waals surface area contributed by atoms with E-state index in [0.29, 0.717) is 36.5 Å². The molecule has 0 saturated heterocycles. The maximum atomic E-state index is 10.6. The number of fused-ring (bicyclic) bond motifs is 2. The fourth-order valence-corrected chi connectivity index (χ4v) is 5.76. The molecule has 5 atom stereocenters. The van der Waals surface area contributed by atoms with E-state index in [1.807, 2.05) is 6.07 Å². The Morgan fingerprint density at radius 3 is 2.40 bits per heavy atom. The molecule has 1 aromatic rings. The van der Waals surface area contributed by atoms with Crippen molar-refractivity contribution in [2.75, 3.05) is 27.2 Å². The zero-order valence-electron chi connectivity index (χ0n) is 16.6. The molecule has 2 aliphatic rings. The van der Waals surface area contributed by atoms with Crippen molar-refractivity contribution in [2.45, 2.75) is 52.4 Å². The minimum absolute atomic E-state index is 0.327. The van der Waals surface area contributed by atoms with Crippen LogP contribution in [0.5, 0.6) is 0 Å². The molecule has 25 heavy (non-hydrogen) atoms. The van der Waals surface area contributed by atoms with Gasteiger partial charge in [0.1, 0.15) is 19.2 Å². The van der Waals surface area contributed by atoms with Gasteiger partial charge in [0.25, 0.3) is 0 Å². The number of quaternary nitrogens is 1. The molecule has 0 radical (unpaired) electrons. The van der Waals surface area contributed by atoms with Crippen molar-refractivity contribution in [1.29, 1.82) is 0 Å². The van der Waals surface area contributed by atoms with Crippen LogP contribution in [0.2, 0.25) is 0 Å². The van der Waals surface area contributed by atoms with Crippen molar-refractivity contribution in [3.05, 3.63) is 35.9 Å². The van der Waals surface area contributed by atoms with Gasteiger partial charge in [-0.3, -0.25) is 0 Å². The average molecular weight is 347 g/mol. The third kappa shape index (κ3) is 3.94. The number of hydrogen-bond acceptors (Lipinski definition) is 2. The zero-order valence-corrected chi connectivity index (χ0v) is 16.6. The molecule has 0 heterocycles. The van der Waals surface area contributed by atoms with Crippen molar-refractivity contribution in [2.24, 2.45) is 23.2 Å². The van der Waals surface area contributed by atoms with Crippen LogP contribution in [0.25, 0.3) is 0 Å². The fourth-order valence-electron chi connectivity index (χ4n) is 5.76. The largest absolute Gasteiger partial charge is 0.385 e. The number of hydrogen-bond donors (Lipinski definition) is 1. The molecule has 3 rings (SSSR count). The molecule has 3 nitrogen and oxygen atoms in total. The Kier molecular flexibility index (Phi) is 5.30. The first kappa shape index (κ1) is 18.9. The summed E-state index contributed by atoms with van der Waals surface area (Å²) in [5, 5.41) is 10.6. The van der Waals surface area contributed by atoms with Crippen LogP contribution in [-0.2, 0) is 11.3 Å². The normalized spacial score (nSPS) is 32.1. The third-order valence-corrected chi connectivity index (χ3v) is 6.89. The molecule has 0 spiro atoms. The van der Waals surface area contributed by atoms with Crippen LogP contribution < -0.4 is 0 Å². The highest BCUT2D eigenvalue weighted by Crippen LogP contribution is 2.60. The molecule has 2 saturated carbocycles. The van der Waals surface area contributed by atoms with Gasteiger partial charge in [0.2, 0.25) is 0 Å². The maximum Gasteiger partial charge on any atom is 0.126 e. The molecule has 140 valence electrons. The molecule has 1 aromatic carbocycles. The minimum Gasteiger partial charge on any atom is -0.385 e. The van der Waals surface area contributed by atoms with Crippen LogP contribution in [0.15, 0.2) is 30.3 Å². The van der Waals surface area contributed by atoms with Gasteiger partial charge in [-0.1, -0.05) is 51.1 Å². The van der Waals surface area contributed by atoms with E-state index < -0.39 is 6.10 Å². The molecule has 0 unspecified atom stereocenters. The molecule has 0 aliphatic heterocycles. The lowest BCUT2D eigenvalue weighted by Gasteiger charge is -2.33. The second-order valence-corrected chi connectivity index (χ2v) is 9.68. The lowest BCUT2D eigenvalue weighted by atomic mass is 9.80. The molecule has 2 bridgehead atoms. The van der Waals surface area contributed by atoms with E-state index in [9.17, 15) is 5.11 Å². The monoisotopic (exact) mass is 346 g/mol. The lowest BCUT2D eigenvalue weighted by Crippen LogP contribution is -2.46.